The molecule has 0 aliphatic rings. The molecule has 19 heavy (non-hydrogen) atoms. The van der Waals surface area contributed by atoms with Gasteiger partial charge in [0.05, 0.1) is 39.3 Å². The molecule has 0 aromatic carbocycles. The fourth-order valence-electron chi connectivity index (χ4n) is 1.17. The molecule has 0 radical (unpaired) electrons. The van der Waals surface area contributed by atoms with Crippen LogP contribution in [0.15, 0.2) is 12.3 Å². The molecule has 0 aromatic rings. The second-order valence-corrected chi connectivity index (χ2v) is 3.43. The van der Waals surface area contributed by atoms with E-state index in [0.29, 0.717) is 46.2 Å². The molecule has 6 heteroatoms. The van der Waals surface area contributed by atoms with E-state index >= 15 is 0 Å². The Kier molecular flexibility index (Phi) is 14.9. The van der Waals surface area contributed by atoms with Crippen LogP contribution in [-0.4, -0.2) is 64.3 Å². The lowest BCUT2D eigenvalue weighted by atomic mass is 10.6. The third-order valence-electron chi connectivity index (χ3n) is 1.95. The predicted molar refractivity (Wildman–Crippen MR) is 70.9 cm³/mol. The molecular weight excluding hydrogens is 252 g/mol. The zero-order valence-corrected chi connectivity index (χ0v) is 11.9. The van der Waals surface area contributed by atoms with Gasteiger partial charge in [-0.25, -0.2) is 0 Å². The van der Waals surface area contributed by atoms with Gasteiger partial charge in [-0.05, 0) is 13.8 Å². The van der Waals surface area contributed by atoms with Crippen LogP contribution < -0.4 is 0 Å². The van der Waals surface area contributed by atoms with E-state index in [2.05, 4.69) is 0 Å². The fourth-order valence-corrected chi connectivity index (χ4v) is 1.17. The molecule has 0 aliphatic heterocycles. The van der Waals surface area contributed by atoms with E-state index in [0.717, 1.165) is 0 Å². The summed E-state index contributed by atoms with van der Waals surface area (Å²) in [5, 5.41) is 8.47. The first kappa shape index (κ1) is 18.3. The van der Waals surface area contributed by atoms with Crippen LogP contribution in [0.1, 0.15) is 13.8 Å². The van der Waals surface area contributed by atoms with Crippen molar-refractivity contribution in [3.8, 4) is 0 Å². The molecule has 0 atom stereocenters. The molecule has 0 saturated heterocycles. The summed E-state index contributed by atoms with van der Waals surface area (Å²) >= 11 is 0. The molecule has 0 aromatic heterocycles. The van der Waals surface area contributed by atoms with Gasteiger partial charge in [-0.3, -0.25) is 0 Å². The van der Waals surface area contributed by atoms with Crippen molar-refractivity contribution < 1.29 is 28.8 Å². The Hall–Kier alpha value is -0.660. The molecule has 6 nitrogen and oxygen atoms in total. The van der Waals surface area contributed by atoms with Crippen LogP contribution in [0.5, 0.6) is 0 Å². The van der Waals surface area contributed by atoms with Crippen LogP contribution >= 0.6 is 0 Å². The quantitative estimate of drug-likeness (QED) is 0.290. The van der Waals surface area contributed by atoms with Gasteiger partial charge in [-0.15, -0.1) is 0 Å². The van der Waals surface area contributed by atoms with Crippen molar-refractivity contribution >= 4 is 0 Å². The first-order chi connectivity index (χ1) is 9.35. The van der Waals surface area contributed by atoms with E-state index in [1.54, 1.807) is 12.3 Å². The summed E-state index contributed by atoms with van der Waals surface area (Å²) in [4.78, 5) is 0. The van der Waals surface area contributed by atoms with Gasteiger partial charge >= 0.3 is 0 Å². The molecule has 0 saturated carbocycles. The molecule has 0 amide bonds. The summed E-state index contributed by atoms with van der Waals surface area (Å²) < 4.78 is 26.1. The van der Waals surface area contributed by atoms with E-state index in [-0.39, 0.29) is 12.9 Å². The van der Waals surface area contributed by atoms with Gasteiger partial charge in [0.1, 0.15) is 6.61 Å². The Bertz CT molecular complexity index is 192. The molecule has 0 rings (SSSR count). The average molecular weight is 278 g/mol. The highest BCUT2D eigenvalue weighted by Crippen LogP contribution is 1.97. The Morgan fingerprint density at radius 2 is 1.47 bits per heavy atom. The van der Waals surface area contributed by atoms with Gasteiger partial charge in [0.2, 0.25) is 0 Å². The van der Waals surface area contributed by atoms with Crippen molar-refractivity contribution in [2.75, 3.05) is 52.9 Å². The summed E-state index contributed by atoms with van der Waals surface area (Å²) in [5.41, 5.74) is 0. The second kappa shape index (κ2) is 15.4. The molecule has 0 bridgehead atoms. The van der Waals surface area contributed by atoms with Crippen molar-refractivity contribution in [2.45, 2.75) is 20.1 Å². The predicted octanol–water partition coefficient (Wildman–Crippen LogP) is 0.941. The van der Waals surface area contributed by atoms with Crippen molar-refractivity contribution in [1.82, 2.24) is 0 Å². The lowest BCUT2D eigenvalue weighted by molar-refractivity contribution is -0.105. The normalized spacial score (nSPS) is 11.6. The molecule has 0 fully saturated rings. The molecule has 0 unspecified atom stereocenters. The molecule has 114 valence electrons. The van der Waals surface area contributed by atoms with Crippen LogP contribution in [0.2, 0.25) is 0 Å². The van der Waals surface area contributed by atoms with Gasteiger partial charge in [0.25, 0.3) is 0 Å². The number of aliphatic hydroxyl groups is 1. The maximum atomic E-state index is 8.47. The van der Waals surface area contributed by atoms with Crippen molar-refractivity contribution in [3.63, 3.8) is 0 Å². The van der Waals surface area contributed by atoms with E-state index in [1.807, 2.05) is 13.8 Å². The zero-order valence-electron chi connectivity index (χ0n) is 11.9. The zero-order chi connectivity index (χ0) is 14.2. The first-order valence-corrected chi connectivity index (χ1v) is 6.62. The minimum Gasteiger partial charge on any atom is -0.499 e. The summed E-state index contributed by atoms with van der Waals surface area (Å²) in [6.07, 6.45) is 2.92. The fraction of sp³-hybridized carbons (Fsp3) is 0.846. The summed E-state index contributed by atoms with van der Waals surface area (Å²) in [7, 11) is 0. The third-order valence-corrected chi connectivity index (χ3v) is 1.95. The summed E-state index contributed by atoms with van der Waals surface area (Å²) in [6.45, 7) is 7.30. The standard InChI is InChI=1S/C13H26O6/c1-3-18-13(19-4-2)5-7-15-9-11-17-12-10-16-8-6-14/h5,7,13-14H,3-4,6,8-12H2,1-2H3. The Morgan fingerprint density at radius 1 is 0.895 bits per heavy atom. The van der Waals surface area contributed by atoms with E-state index in [1.165, 1.54) is 0 Å². The molecule has 0 heterocycles. The first-order valence-electron chi connectivity index (χ1n) is 6.62. The van der Waals surface area contributed by atoms with Crippen LogP contribution in [0.25, 0.3) is 0 Å². The number of hydrogen-bond acceptors (Lipinski definition) is 6. The Morgan fingerprint density at radius 3 is 2.05 bits per heavy atom. The summed E-state index contributed by atoms with van der Waals surface area (Å²) in [5.74, 6) is 0. The van der Waals surface area contributed by atoms with E-state index in [4.69, 9.17) is 28.8 Å². The van der Waals surface area contributed by atoms with Crippen LogP contribution in [0, 0.1) is 0 Å². The largest absolute Gasteiger partial charge is 0.499 e. The van der Waals surface area contributed by atoms with Gasteiger partial charge < -0.3 is 28.8 Å². The minimum atomic E-state index is -0.359. The van der Waals surface area contributed by atoms with Crippen molar-refractivity contribution in [2.24, 2.45) is 0 Å². The van der Waals surface area contributed by atoms with E-state index < -0.39 is 0 Å². The van der Waals surface area contributed by atoms with Crippen LogP contribution in [0.3, 0.4) is 0 Å². The molecule has 1 N–H and O–H groups in total. The maximum Gasteiger partial charge on any atom is 0.179 e. The average Bonchev–Trinajstić information content (AvgIpc) is 2.41. The lowest BCUT2D eigenvalue weighted by Crippen LogP contribution is -2.14. The van der Waals surface area contributed by atoms with Gasteiger partial charge in [0, 0.05) is 19.3 Å². The highest BCUT2D eigenvalue weighted by Gasteiger charge is 2.01. The molecule has 0 aliphatic carbocycles. The van der Waals surface area contributed by atoms with Crippen LogP contribution in [-0.2, 0) is 23.7 Å². The lowest BCUT2D eigenvalue weighted by Gasteiger charge is -2.12. The number of hydrogen-bond donors (Lipinski definition) is 1. The second-order valence-electron chi connectivity index (χ2n) is 3.43. The van der Waals surface area contributed by atoms with Gasteiger partial charge in [-0.2, -0.15) is 0 Å². The highest BCUT2D eigenvalue weighted by atomic mass is 16.7. The molecular formula is C13H26O6. The topological polar surface area (TPSA) is 66.4 Å². The number of rotatable bonds is 14. The van der Waals surface area contributed by atoms with Gasteiger partial charge in [-0.1, -0.05) is 0 Å². The summed E-state index contributed by atoms with van der Waals surface area (Å²) in [6, 6.07) is 0. The maximum absolute atomic E-state index is 8.47. The van der Waals surface area contributed by atoms with Crippen molar-refractivity contribution in [3.05, 3.63) is 12.3 Å². The monoisotopic (exact) mass is 278 g/mol. The van der Waals surface area contributed by atoms with Gasteiger partial charge in [0.15, 0.2) is 6.29 Å². The SMILES string of the molecule is CCOC(C=COCCOCCOCCO)OCC. The Balaban J connectivity index is 3.35. The van der Waals surface area contributed by atoms with Crippen LogP contribution in [0.4, 0.5) is 0 Å². The smallest absolute Gasteiger partial charge is 0.179 e. The minimum absolute atomic E-state index is 0.0364. The number of ether oxygens (including phenoxy) is 5. The molecule has 0 spiro atoms. The Labute approximate surface area is 115 Å². The highest BCUT2D eigenvalue weighted by molar-refractivity contribution is 4.78. The van der Waals surface area contributed by atoms with Crippen molar-refractivity contribution in [1.29, 1.82) is 0 Å². The van der Waals surface area contributed by atoms with E-state index in [9.17, 15) is 0 Å². The number of aliphatic hydroxyl groups excluding tert-OH is 1. The third kappa shape index (κ3) is 13.6.